The molecule has 4 N–H and O–H groups in total. The predicted molar refractivity (Wildman–Crippen MR) is 80.3 cm³/mol. The number of carbonyl (C=O) groups excluding carboxylic acids is 3. The Labute approximate surface area is 130 Å². The highest BCUT2D eigenvalue weighted by atomic mass is 16.4. The molecule has 0 aliphatic rings. The number of amides is 3. The first kappa shape index (κ1) is 16.3. The Morgan fingerprint density at radius 2 is 2.00 bits per heavy atom. The number of nitrogens with one attached hydrogen (secondary N) is 2. The third kappa shape index (κ3) is 3.76. The average Bonchev–Trinajstić information content (AvgIpc) is 2.81. The van der Waals surface area contributed by atoms with Crippen molar-refractivity contribution in [2.75, 3.05) is 7.05 Å². The zero-order valence-corrected chi connectivity index (χ0v) is 12.4. The summed E-state index contributed by atoms with van der Waals surface area (Å²) in [5.74, 6) is -2.59. The van der Waals surface area contributed by atoms with Crippen molar-refractivity contribution in [1.82, 2.24) is 15.2 Å². The summed E-state index contributed by atoms with van der Waals surface area (Å²) in [6.07, 6.45) is -0.341. The number of hydrogen-bond donors (Lipinski definition) is 3. The molecule has 2 aromatic rings. The Kier molecular flexibility index (Phi) is 4.79. The standard InChI is InChI=1S/C14H16N4O5/c1-16-13(21)8(6-11(15)19)17-12(20)7-18-9-4-2-3-5-10(9)23-14(18)22/h2-5,8H,6-7H2,1H3,(H2,15,19)(H,16,21)(H,17,20)/t8-/m0/s1. The van der Waals surface area contributed by atoms with E-state index in [9.17, 15) is 19.2 Å². The number of para-hydroxylation sites is 2. The number of nitrogens with two attached hydrogens (primary N) is 1. The van der Waals surface area contributed by atoms with Gasteiger partial charge in [-0.1, -0.05) is 12.1 Å². The third-order valence-electron chi connectivity index (χ3n) is 3.18. The van der Waals surface area contributed by atoms with Gasteiger partial charge in [0, 0.05) is 7.05 Å². The van der Waals surface area contributed by atoms with Crippen LogP contribution in [-0.4, -0.2) is 35.4 Å². The van der Waals surface area contributed by atoms with Crippen molar-refractivity contribution in [1.29, 1.82) is 0 Å². The van der Waals surface area contributed by atoms with E-state index in [0.29, 0.717) is 11.1 Å². The highest BCUT2D eigenvalue weighted by molar-refractivity contribution is 5.91. The van der Waals surface area contributed by atoms with Crippen LogP contribution in [0.4, 0.5) is 0 Å². The molecule has 1 heterocycles. The predicted octanol–water partition coefficient (Wildman–Crippen LogP) is -1.30. The summed E-state index contributed by atoms with van der Waals surface area (Å²) < 4.78 is 6.15. The smallest absolute Gasteiger partial charge is 0.408 e. The zero-order chi connectivity index (χ0) is 17.0. The number of hydrogen-bond acceptors (Lipinski definition) is 5. The molecule has 0 unspecified atom stereocenters. The Morgan fingerprint density at radius 1 is 1.30 bits per heavy atom. The van der Waals surface area contributed by atoms with Gasteiger partial charge < -0.3 is 20.8 Å². The Hall–Kier alpha value is -3.10. The molecule has 9 nitrogen and oxygen atoms in total. The van der Waals surface area contributed by atoms with Crippen molar-refractivity contribution in [2.45, 2.75) is 19.0 Å². The molecule has 0 fully saturated rings. The number of primary amides is 1. The Balaban J connectivity index is 2.16. The molecule has 1 aromatic heterocycles. The maximum absolute atomic E-state index is 12.1. The number of likely N-dealkylation sites (N-methyl/N-ethyl adjacent to an activating group) is 1. The van der Waals surface area contributed by atoms with E-state index < -0.39 is 29.5 Å². The second kappa shape index (κ2) is 6.77. The second-order valence-electron chi connectivity index (χ2n) is 4.83. The molecule has 23 heavy (non-hydrogen) atoms. The summed E-state index contributed by atoms with van der Waals surface area (Å²) in [5, 5.41) is 4.70. The van der Waals surface area contributed by atoms with Gasteiger partial charge in [-0.05, 0) is 12.1 Å². The molecular formula is C14H16N4O5. The minimum atomic E-state index is -1.10. The summed E-state index contributed by atoms with van der Waals surface area (Å²) in [6, 6.07) is 5.54. The van der Waals surface area contributed by atoms with Crippen LogP contribution < -0.4 is 22.1 Å². The van der Waals surface area contributed by atoms with E-state index in [0.717, 1.165) is 4.57 Å². The molecule has 0 saturated heterocycles. The monoisotopic (exact) mass is 320 g/mol. The highest BCUT2D eigenvalue weighted by Crippen LogP contribution is 2.11. The van der Waals surface area contributed by atoms with Crippen molar-refractivity contribution in [3.05, 3.63) is 34.8 Å². The van der Waals surface area contributed by atoms with Crippen LogP contribution >= 0.6 is 0 Å². The number of oxazole rings is 1. The average molecular weight is 320 g/mol. The molecule has 2 rings (SSSR count). The molecule has 122 valence electrons. The van der Waals surface area contributed by atoms with Gasteiger partial charge in [0.1, 0.15) is 12.6 Å². The Bertz CT molecular complexity index is 807. The molecule has 1 aromatic carbocycles. The van der Waals surface area contributed by atoms with Crippen molar-refractivity contribution >= 4 is 28.8 Å². The van der Waals surface area contributed by atoms with Gasteiger partial charge in [0.2, 0.25) is 17.7 Å². The summed E-state index contributed by atoms with van der Waals surface area (Å²) in [5.41, 5.74) is 5.87. The molecule has 3 amide bonds. The van der Waals surface area contributed by atoms with E-state index in [4.69, 9.17) is 10.2 Å². The molecule has 0 aliphatic carbocycles. The molecular weight excluding hydrogens is 304 g/mol. The topological polar surface area (TPSA) is 136 Å². The molecule has 0 bridgehead atoms. The van der Waals surface area contributed by atoms with Gasteiger partial charge in [0.05, 0.1) is 11.9 Å². The van der Waals surface area contributed by atoms with Crippen LogP contribution in [0, 0.1) is 0 Å². The number of fused-ring (bicyclic) bond motifs is 1. The van der Waals surface area contributed by atoms with Crippen LogP contribution in [-0.2, 0) is 20.9 Å². The fraction of sp³-hybridized carbons (Fsp3) is 0.286. The van der Waals surface area contributed by atoms with Crippen LogP contribution in [0.2, 0.25) is 0 Å². The van der Waals surface area contributed by atoms with Gasteiger partial charge in [0.15, 0.2) is 5.58 Å². The summed E-state index contributed by atoms with van der Waals surface area (Å²) in [7, 11) is 1.37. The highest BCUT2D eigenvalue weighted by Gasteiger charge is 2.22. The molecule has 0 aliphatic heterocycles. The lowest BCUT2D eigenvalue weighted by molar-refractivity contribution is -0.131. The minimum absolute atomic E-state index is 0.341. The summed E-state index contributed by atoms with van der Waals surface area (Å²) in [6.45, 7) is -0.345. The maximum Gasteiger partial charge on any atom is 0.420 e. The summed E-state index contributed by atoms with van der Waals surface area (Å²) >= 11 is 0. The minimum Gasteiger partial charge on any atom is -0.408 e. The maximum atomic E-state index is 12.1. The van der Waals surface area contributed by atoms with Crippen LogP contribution in [0.1, 0.15) is 6.42 Å². The van der Waals surface area contributed by atoms with E-state index in [2.05, 4.69) is 10.6 Å². The second-order valence-corrected chi connectivity index (χ2v) is 4.83. The molecule has 0 saturated carbocycles. The van der Waals surface area contributed by atoms with E-state index in [-0.39, 0.29) is 13.0 Å². The van der Waals surface area contributed by atoms with Gasteiger partial charge in [-0.25, -0.2) is 4.79 Å². The van der Waals surface area contributed by atoms with Gasteiger partial charge in [-0.15, -0.1) is 0 Å². The lowest BCUT2D eigenvalue weighted by Gasteiger charge is -2.15. The third-order valence-corrected chi connectivity index (χ3v) is 3.18. The van der Waals surface area contributed by atoms with Crippen LogP contribution in [0.5, 0.6) is 0 Å². The number of rotatable bonds is 6. The Morgan fingerprint density at radius 3 is 2.65 bits per heavy atom. The first-order valence-corrected chi connectivity index (χ1v) is 6.80. The zero-order valence-electron chi connectivity index (χ0n) is 12.4. The lowest BCUT2D eigenvalue weighted by atomic mass is 10.2. The normalized spacial score (nSPS) is 11.9. The lowest BCUT2D eigenvalue weighted by Crippen LogP contribution is -2.48. The number of nitrogens with zero attached hydrogens (tertiary/aromatic N) is 1. The fourth-order valence-electron chi connectivity index (χ4n) is 2.13. The molecule has 0 spiro atoms. The van der Waals surface area contributed by atoms with E-state index in [1.54, 1.807) is 24.3 Å². The van der Waals surface area contributed by atoms with Crippen molar-refractivity contribution < 1.29 is 18.8 Å². The summed E-state index contributed by atoms with van der Waals surface area (Å²) in [4.78, 5) is 46.5. The van der Waals surface area contributed by atoms with Gasteiger partial charge in [0.25, 0.3) is 0 Å². The van der Waals surface area contributed by atoms with Crippen molar-refractivity contribution in [3.8, 4) is 0 Å². The van der Waals surface area contributed by atoms with Crippen LogP contribution in [0.3, 0.4) is 0 Å². The van der Waals surface area contributed by atoms with Gasteiger partial charge in [-0.3, -0.25) is 19.0 Å². The number of carbonyl (C=O) groups is 3. The van der Waals surface area contributed by atoms with E-state index in [1.807, 2.05) is 0 Å². The van der Waals surface area contributed by atoms with Gasteiger partial charge >= 0.3 is 5.76 Å². The SMILES string of the molecule is CNC(=O)[C@H](CC(N)=O)NC(=O)Cn1c(=O)oc2ccccc21. The first-order chi connectivity index (χ1) is 10.9. The molecule has 1 atom stereocenters. The van der Waals surface area contributed by atoms with Crippen LogP contribution in [0.25, 0.3) is 11.1 Å². The fourth-order valence-corrected chi connectivity index (χ4v) is 2.13. The molecule has 9 heteroatoms. The van der Waals surface area contributed by atoms with Crippen LogP contribution in [0.15, 0.2) is 33.5 Å². The molecule has 0 radical (unpaired) electrons. The quantitative estimate of drug-likeness (QED) is 0.607. The first-order valence-electron chi connectivity index (χ1n) is 6.80. The number of aromatic nitrogens is 1. The van der Waals surface area contributed by atoms with E-state index in [1.165, 1.54) is 7.05 Å². The largest absolute Gasteiger partial charge is 0.420 e. The van der Waals surface area contributed by atoms with Crippen molar-refractivity contribution in [3.63, 3.8) is 0 Å². The number of benzene rings is 1. The van der Waals surface area contributed by atoms with Gasteiger partial charge in [-0.2, -0.15) is 0 Å². The van der Waals surface area contributed by atoms with Crippen molar-refractivity contribution in [2.24, 2.45) is 5.73 Å². The van der Waals surface area contributed by atoms with E-state index >= 15 is 0 Å².